The Morgan fingerprint density at radius 3 is 2.46 bits per heavy atom. The zero-order valence-electron chi connectivity index (χ0n) is 15.3. The summed E-state index contributed by atoms with van der Waals surface area (Å²) in [6.07, 6.45) is -0.450. The number of para-hydroxylation sites is 1. The van der Waals surface area contributed by atoms with Crippen LogP contribution in [0.15, 0.2) is 77.3 Å². The Balaban J connectivity index is 1.66. The molecule has 3 aromatic carbocycles. The molecule has 0 unspecified atom stereocenters. The third-order valence-electron chi connectivity index (χ3n) is 4.01. The minimum Gasteiger partial charge on any atom is -0.454 e. The first-order valence-electron chi connectivity index (χ1n) is 8.65. The van der Waals surface area contributed by atoms with Crippen LogP contribution >= 0.6 is 15.9 Å². The zero-order valence-corrected chi connectivity index (χ0v) is 16.9. The fourth-order valence-corrected chi connectivity index (χ4v) is 2.89. The van der Waals surface area contributed by atoms with Gasteiger partial charge < -0.3 is 14.4 Å². The maximum Gasteiger partial charge on any atom is 0.410 e. The van der Waals surface area contributed by atoms with Crippen molar-refractivity contribution >= 4 is 22.0 Å². The molecule has 0 radical (unpaired) electrons. The van der Waals surface area contributed by atoms with E-state index in [4.69, 9.17) is 9.47 Å². The van der Waals surface area contributed by atoms with E-state index >= 15 is 0 Å². The maximum atomic E-state index is 14.1. The van der Waals surface area contributed by atoms with E-state index in [1.54, 1.807) is 31.3 Å². The van der Waals surface area contributed by atoms with Crippen LogP contribution in [0.1, 0.15) is 11.1 Å². The molecule has 144 valence electrons. The van der Waals surface area contributed by atoms with Crippen LogP contribution in [0.3, 0.4) is 0 Å². The van der Waals surface area contributed by atoms with Crippen LogP contribution in [0, 0.1) is 5.82 Å². The van der Waals surface area contributed by atoms with Crippen molar-refractivity contribution in [3.8, 4) is 11.5 Å². The van der Waals surface area contributed by atoms with Crippen LogP contribution in [0.25, 0.3) is 0 Å². The molecule has 1 amide bonds. The van der Waals surface area contributed by atoms with E-state index in [9.17, 15) is 9.18 Å². The highest BCUT2D eigenvalue weighted by Gasteiger charge is 2.15. The summed E-state index contributed by atoms with van der Waals surface area (Å²) in [5, 5.41) is 0. The summed E-state index contributed by atoms with van der Waals surface area (Å²) in [5.41, 5.74) is 1.66. The highest BCUT2D eigenvalue weighted by atomic mass is 79.9. The van der Waals surface area contributed by atoms with E-state index in [0.717, 1.165) is 11.1 Å². The minimum absolute atomic E-state index is 0.116. The van der Waals surface area contributed by atoms with Gasteiger partial charge in [0.15, 0.2) is 11.6 Å². The Morgan fingerprint density at radius 1 is 1.00 bits per heavy atom. The molecule has 0 saturated carbocycles. The van der Waals surface area contributed by atoms with E-state index in [1.807, 2.05) is 42.5 Å². The molecule has 3 aromatic rings. The van der Waals surface area contributed by atoms with Crippen LogP contribution in [0.5, 0.6) is 11.5 Å². The second kappa shape index (κ2) is 9.37. The molecule has 0 atom stereocenters. The fraction of sp³-hybridized carbons (Fsp3) is 0.136. The lowest BCUT2D eigenvalue weighted by Gasteiger charge is -2.19. The van der Waals surface area contributed by atoms with Gasteiger partial charge in [-0.25, -0.2) is 9.18 Å². The molecule has 0 N–H and O–H groups in total. The van der Waals surface area contributed by atoms with Gasteiger partial charge in [-0.3, -0.25) is 0 Å². The molecule has 0 aliphatic heterocycles. The van der Waals surface area contributed by atoms with Crippen molar-refractivity contribution in [1.29, 1.82) is 0 Å². The molecule has 0 spiro atoms. The molecule has 4 nitrogen and oxygen atoms in total. The van der Waals surface area contributed by atoms with E-state index in [2.05, 4.69) is 15.9 Å². The SMILES string of the molecule is CN(Cc1ccccc1Oc1ccc(Br)cc1F)C(=O)OCc1ccccc1. The van der Waals surface area contributed by atoms with Crippen molar-refractivity contribution in [2.24, 2.45) is 0 Å². The molecule has 0 saturated heterocycles. The number of hydrogen-bond donors (Lipinski definition) is 0. The van der Waals surface area contributed by atoms with E-state index < -0.39 is 11.9 Å². The predicted molar refractivity (Wildman–Crippen MR) is 109 cm³/mol. The van der Waals surface area contributed by atoms with E-state index in [1.165, 1.54) is 11.0 Å². The van der Waals surface area contributed by atoms with Crippen molar-refractivity contribution in [2.45, 2.75) is 13.2 Å². The number of halogens is 2. The van der Waals surface area contributed by atoms with E-state index in [-0.39, 0.29) is 18.9 Å². The quantitative estimate of drug-likeness (QED) is 0.458. The topological polar surface area (TPSA) is 38.8 Å². The number of rotatable bonds is 6. The van der Waals surface area contributed by atoms with Gasteiger partial charge in [0.2, 0.25) is 0 Å². The molecule has 0 aliphatic rings. The number of benzene rings is 3. The summed E-state index contributed by atoms with van der Waals surface area (Å²) in [6, 6.07) is 21.3. The number of hydrogen-bond acceptors (Lipinski definition) is 3. The summed E-state index contributed by atoms with van der Waals surface area (Å²) in [7, 11) is 1.64. The Bertz CT molecular complexity index is 950. The Kier molecular flexibility index (Phi) is 6.66. The number of amides is 1. The highest BCUT2D eigenvalue weighted by Crippen LogP contribution is 2.29. The van der Waals surface area contributed by atoms with Crippen LogP contribution in [0.2, 0.25) is 0 Å². The molecule has 3 rings (SSSR count). The third kappa shape index (κ3) is 5.33. The maximum absolute atomic E-state index is 14.1. The zero-order chi connectivity index (χ0) is 19.9. The molecule has 0 aliphatic carbocycles. The van der Waals surface area contributed by atoms with Gasteiger partial charge in [-0.1, -0.05) is 64.5 Å². The summed E-state index contributed by atoms with van der Waals surface area (Å²) < 4.78 is 25.8. The van der Waals surface area contributed by atoms with Crippen molar-refractivity contribution in [3.63, 3.8) is 0 Å². The summed E-state index contributed by atoms with van der Waals surface area (Å²) >= 11 is 3.22. The van der Waals surface area contributed by atoms with Crippen molar-refractivity contribution in [1.82, 2.24) is 4.90 Å². The van der Waals surface area contributed by atoms with Crippen LogP contribution in [0.4, 0.5) is 9.18 Å². The first kappa shape index (κ1) is 19.9. The van der Waals surface area contributed by atoms with Crippen LogP contribution < -0.4 is 4.74 Å². The molecule has 0 bridgehead atoms. The van der Waals surface area contributed by atoms with Crippen LogP contribution in [-0.2, 0) is 17.9 Å². The molecule has 28 heavy (non-hydrogen) atoms. The molecular weight excluding hydrogens is 425 g/mol. The molecular formula is C22H19BrFNO3. The van der Waals surface area contributed by atoms with Crippen molar-refractivity contribution in [3.05, 3.63) is 94.2 Å². The highest BCUT2D eigenvalue weighted by molar-refractivity contribution is 9.10. The van der Waals surface area contributed by atoms with Crippen LogP contribution in [-0.4, -0.2) is 18.0 Å². The normalized spacial score (nSPS) is 10.4. The van der Waals surface area contributed by atoms with Gasteiger partial charge >= 0.3 is 6.09 Å². The molecule has 6 heteroatoms. The monoisotopic (exact) mass is 443 g/mol. The van der Waals surface area contributed by atoms with E-state index in [0.29, 0.717) is 10.2 Å². The molecule has 0 aromatic heterocycles. The third-order valence-corrected chi connectivity index (χ3v) is 4.50. The van der Waals surface area contributed by atoms with Gasteiger partial charge in [0.25, 0.3) is 0 Å². The van der Waals surface area contributed by atoms with Gasteiger partial charge in [-0.05, 0) is 29.8 Å². The molecule has 0 heterocycles. The van der Waals surface area contributed by atoms with Gasteiger partial charge in [0.05, 0.1) is 6.54 Å². The standard InChI is InChI=1S/C22H19BrFNO3/c1-25(22(26)27-15-16-7-3-2-4-8-16)14-17-9-5-6-10-20(17)28-21-12-11-18(23)13-19(21)24/h2-13H,14-15H2,1H3. The van der Waals surface area contributed by atoms with Crippen molar-refractivity contribution < 1.29 is 18.7 Å². The predicted octanol–water partition coefficient (Wildman–Crippen LogP) is 6.15. The van der Waals surface area contributed by atoms with Gasteiger partial charge in [-0.15, -0.1) is 0 Å². The Morgan fingerprint density at radius 2 is 1.71 bits per heavy atom. The lowest BCUT2D eigenvalue weighted by Crippen LogP contribution is -2.27. The first-order chi connectivity index (χ1) is 13.5. The first-order valence-corrected chi connectivity index (χ1v) is 9.45. The molecule has 0 fully saturated rings. The second-order valence-electron chi connectivity index (χ2n) is 6.18. The van der Waals surface area contributed by atoms with Gasteiger partial charge in [0.1, 0.15) is 12.4 Å². The number of ether oxygens (including phenoxy) is 2. The largest absolute Gasteiger partial charge is 0.454 e. The van der Waals surface area contributed by atoms with Gasteiger partial charge in [0, 0.05) is 17.1 Å². The average Bonchev–Trinajstić information content (AvgIpc) is 2.70. The van der Waals surface area contributed by atoms with Crippen molar-refractivity contribution in [2.75, 3.05) is 7.05 Å². The smallest absolute Gasteiger partial charge is 0.410 e. The Hall–Kier alpha value is -2.86. The van der Waals surface area contributed by atoms with Gasteiger partial charge in [-0.2, -0.15) is 0 Å². The number of carbonyl (C=O) groups is 1. The number of nitrogens with zero attached hydrogens (tertiary/aromatic N) is 1. The average molecular weight is 444 g/mol. The fourth-order valence-electron chi connectivity index (χ4n) is 2.56. The lowest BCUT2D eigenvalue weighted by molar-refractivity contribution is 0.102. The lowest BCUT2D eigenvalue weighted by atomic mass is 10.2. The summed E-state index contributed by atoms with van der Waals surface area (Å²) in [5.74, 6) is 0.121. The summed E-state index contributed by atoms with van der Waals surface area (Å²) in [6.45, 7) is 0.466. The minimum atomic E-state index is -0.472. The Labute approximate surface area is 171 Å². The number of carbonyl (C=O) groups excluding carboxylic acids is 1. The summed E-state index contributed by atoms with van der Waals surface area (Å²) in [4.78, 5) is 13.7. The second-order valence-corrected chi connectivity index (χ2v) is 7.10.